The predicted molar refractivity (Wildman–Crippen MR) is 122 cm³/mol. The van der Waals surface area contributed by atoms with Gasteiger partial charge in [-0.3, -0.25) is 4.39 Å². The highest BCUT2D eigenvalue weighted by molar-refractivity contribution is 7.17. The van der Waals surface area contributed by atoms with Crippen LogP contribution in [0.3, 0.4) is 0 Å². The Hall–Kier alpha value is -1.59. The molecule has 0 aromatic carbocycles. The van der Waals surface area contributed by atoms with Crippen LogP contribution in [0.2, 0.25) is 0 Å². The third kappa shape index (κ3) is 4.87. The van der Waals surface area contributed by atoms with Crippen LogP contribution in [0.1, 0.15) is 62.0 Å². The van der Waals surface area contributed by atoms with Crippen molar-refractivity contribution in [2.24, 2.45) is 0 Å². The molecule has 1 aliphatic heterocycles. The second-order valence-electron chi connectivity index (χ2n) is 7.20. The van der Waals surface area contributed by atoms with Crippen molar-refractivity contribution in [3.8, 4) is 0 Å². The highest BCUT2D eigenvalue weighted by atomic mass is 32.1. The van der Waals surface area contributed by atoms with Crippen LogP contribution >= 0.6 is 11.3 Å². The van der Waals surface area contributed by atoms with Gasteiger partial charge in [-0.15, -0.1) is 11.3 Å². The van der Waals surface area contributed by atoms with Gasteiger partial charge in [0.05, 0.1) is 13.3 Å². The molecule has 28 heavy (non-hydrogen) atoms. The molecular formula is C23H35FN2OS. The summed E-state index contributed by atoms with van der Waals surface area (Å²) in [6.45, 7) is 21.7. The van der Waals surface area contributed by atoms with E-state index in [9.17, 15) is 4.39 Å². The molecule has 5 heteroatoms. The van der Waals surface area contributed by atoms with E-state index < -0.39 is 0 Å². The van der Waals surface area contributed by atoms with Crippen LogP contribution in [0, 0.1) is 6.92 Å². The first-order valence-corrected chi connectivity index (χ1v) is 11.2. The molecule has 1 aromatic heterocycles. The molecule has 0 radical (unpaired) electrons. The molecule has 0 unspecified atom stereocenters. The van der Waals surface area contributed by atoms with Crippen molar-refractivity contribution in [3.05, 3.63) is 41.6 Å². The average molecular weight is 407 g/mol. The van der Waals surface area contributed by atoms with Crippen molar-refractivity contribution in [1.29, 1.82) is 0 Å². The Morgan fingerprint density at radius 2 is 1.86 bits per heavy atom. The summed E-state index contributed by atoms with van der Waals surface area (Å²) >= 11 is 1.78. The van der Waals surface area contributed by atoms with Gasteiger partial charge in [0.25, 0.3) is 0 Å². The maximum absolute atomic E-state index is 12.9. The Balaban J connectivity index is 2.38. The fraction of sp³-hybridized carbons (Fsp3) is 0.565. The number of alkyl halides is 1. The van der Waals surface area contributed by atoms with E-state index in [1.807, 2.05) is 6.92 Å². The van der Waals surface area contributed by atoms with Crippen LogP contribution in [0.25, 0.3) is 11.3 Å². The topological polar surface area (TPSA) is 15.7 Å². The normalized spacial score (nSPS) is 14.0. The highest BCUT2D eigenvalue weighted by Crippen LogP contribution is 2.48. The van der Waals surface area contributed by atoms with Crippen molar-refractivity contribution < 1.29 is 9.13 Å². The van der Waals surface area contributed by atoms with Gasteiger partial charge in [-0.25, -0.2) is 0 Å². The van der Waals surface area contributed by atoms with Crippen molar-refractivity contribution >= 4 is 27.6 Å². The number of anilines is 1. The second kappa shape index (κ2) is 10.8. The molecule has 0 N–H and O–H groups in total. The maximum atomic E-state index is 12.9. The zero-order chi connectivity index (χ0) is 20.7. The minimum absolute atomic E-state index is 0.342. The first kappa shape index (κ1) is 22.7. The molecule has 156 valence electrons. The van der Waals surface area contributed by atoms with Gasteiger partial charge < -0.3 is 14.5 Å². The molecule has 0 aliphatic carbocycles. The Bertz CT molecular complexity index is 710. The molecule has 1 aromatic rings. The van der Waals surface area contributed by atoms with Gasteiger partial charge in [0.2, 0.25) is 0 Å². The van der Waals surface area contributed by atoms with Gasteiger partial charge in [-0.2, -0.15) is 0 Å². The molecule has 2 rings (SSSR count). The highest BCUT2D eigenvalue weighted by Gasteiger charge is 2.33. The zero-order valence-electron chi connectivity index (χ0n) is 17.8. The lowest BCUT2D eigenvalue weighted by Gasteiger charge is -2.41. The molecule has 0 atom stereocenters. The number of fused-ring (bicyclic) bond motifs is 1. The molecule has 1 aliphatic rings. The van der Waals surface area contributed by atoms with Crippen LogP contribution in [0.4, 0.5) is 9.39 Å². The Morgan fingerprint density at radius 3 is 2.50 bits per heavy atom. The van der Waals surface area contributed by atoms with Crippen molar-refractivity contribution in [1.82, 2.24) is 4.90 Å². The zero-order valence-corrected chi connectivity index (χ0v) is 18.6. The molecular weight excluding hydrogens is 371 g/mol. The van der Waals surface area contributed by atoms with E-state index in [0.717, 1.165) is 35.0 Å². The van der Waals surface area contributed by atoms with Gasteiger partial charge in [-0.1, -0.05) is 39.5 Å². The number of unbranched alkanes of at least 4 members (excludes halogenated alkanes) is 2. The Labute approximate surface area is 174 Å². The number of hydrogen-bond donors (Lipinski definition) is 0. The summed E-state index contributed by atoms with van der Waals surface area (Å²) in [6.07, 6.45) is 5.09. The lowest BCUT2D eigenvalue weighted by molar-refractivity contribution is 0.154. The van der Waals surface area contributed by atoms with Crippen molar-refractivity contribution in [3.63, 3.8) is 0 Å². The van der Waals surface area contributed by atoms with Crippen LogP contribution in [-0.4, -0.2) is 37.9 Å². The minimum atomic E-state index is -0.342. The monoisotopic (exact) mass is 406 g/mol. The number of allylic oxidation sites excluding steroid dienone is 1. The fourth-order valence-corrected chi connectivity index (χ4v) is 5.01. The third-order valence-electron chi connectivity index (χ3n) is 5.19. The summed E-state index contributed by atoms with van der Waals surface area (Å²) in [6, 6.07) is 0. The van der Waals surface area contributed by atoms with Crippen LogP contribution in [-0.2, 0) is 4.74 Å². The van der Waals surface area contributed by atoms with Gasteiger partial charge >= 0.3 is 0 Å². The standard InChI is InChI=1S/C23H35FN2OS/c1-7-9-10-12-17(3)22-18(4)21-19(5)25(14-11-13-24)20(6)26(23(21)28-22)15-16-27-8-2/h3,5-16H2,1-2,4H3. The summed E-state index contributed by atoms with van der Waals surface area (Å²) in [5.41, 5.74) is 4.50. The first-order valence-electron chi connectivity index (χ1n) is 10.4. The molecule has 2 heterocycles. The second-order valence-corrected chi connectivity index (χ2v) is 8.20. The van der Waals surface area contributed by atoms with Gasteiger partial charge in [0.1, 0.15) is 10.8 Å². The van der Waals surface area contributed by atoms with Crippen molar-refractivity contribution in [2.45, 2.75) is 52.9 Å². The van der Waals surface area contributed by atoms with Crippen LogP contribution in [0.5, 0.6) is 0 Å². The summed E-state index contributed by atoms with van der Waals surface area (Å²) in [4.78, 5) is 5.51. The molecule has 0 fully saturated rings. The largest absolute Gasteiger partial charge is 0.380 e. The van der Waals surface area contributed by atoms with Gasteiger partial charge in [0, 0.05) is 35.8 Å². The van der Waals surface area contributed by atoms with Crippen molar-refractivity contribution in [2.75, 3.05) is 37.9 Å². The lowest BCUT2D eigenvalue weighted by Crippen LogP contribution is -2.40. The number of hydrogen-bond acceptors (Lipinski definition) is 4. The third-order valence-corrected chi connectivity index (χ3v) is 6.61. The van der Waals surface area contributed by atoms with E-state index in [2.05, 4.69) is 43.4 Å². The first-order chi connectivity index (χ1) is 13.5. The predicted octanol–water partition coefficient (Wildman–Crippen LogP) is 6.61. The smallest absolute Gasteiger partial charge is 0.107 e. The van der Waals surface area contributed by atoms with Gasteiger partial charge in [0.15, 0.2) is 0 Å². The maximum Gasteiger partial charge on any atom is 0.107 e. The fourth-order valence-electron chi connectivity index (χ4n) is 3.63. The number of nitrogens with zero attached hydrogens (tertiary/aromatic N) is 2. The van der Waals surface area contributed by atoms with E-state index in [1.165, 1.54) is 35.3 Å². The van der Waals surface area contributed by atoms with Crippen LogP contribution in [0.15, 0.2) is 25.6 Å². The van der Waals surface area contributed by atoms with E-state index in [1.54, 1.807) is 11.3 Å². The minimum Gasteiger partial charge on any atom is -0.380 e. The number of ether oxygens (including phenoxy) is 1. The van der Waals surface area contributed by atoms with E-state index >= 15 is 0 Å². The average Bonchev–Trinajstić information content (AvgIpc) is 3.02. The number of thiophene rings is 1. The molecule has 3 nitrogen and oxygen atoms in total. The SMILES string of the molecule is C=C(CCCCC)c1sc2c(c1C)C(=C)N(CCCF)C(=C)N2CCOCC. The molecule has 0 spiro atoms. The lowest BCUT2D eigenvalue weighted by atomic mass is 10.00. The summed E-state index contributed by atoms with van der Waals surface area (Å²) in [7, 11) is 0. The van der Waals surface area contributed by atoms with E-state index in [-0.39, 0.29) is 6.67 Å². The summed E-state index contributed by atoms with van der Waals surface area (Å²) in [5, 5.41) is 1.16. The number of halogens is 1. The van der Waals surface area contributed by atoms with E-state index in [0.29, 0.717) is 26.2 Å². The summed E-state index contributed by atoms with van der Waals surface area (Å²) < 4.78 is 18.4. The Kier molecular flexibility index (Phi) is 8.77. The summed E-state index contributed by atoms with van der Waals surface area (Å²) in [5.74, 6) is 0.857. The number of rotatable bonds is 12. The van der Waals surface area contributed by atoms with Gasteiger partial charge in [-0.05, 0) is 44.2 Å². The Morgan fingerprint density at radius 1 is 1.11 bits per heavy atom. The molecule has 0 amide bonds. The van der Waals surface area contributed by atoms with Crippen LogP contribution < -0.4 is 4.90 Å². The molecule has 0 saturated carbocycles. The quantitative estimate of drug-likeness (QED) is 0.363. The molecule has 0 saturated heterocycles. The van der Waals surface area contributed by atoms with E-state index in [4.69, 9.17) is 4.74 Å². The molecule has 0 bridgehead atoms.